The molecule has 0 radical (unpaired) electrons. The molecule has 0 aromatic heterocycles. The highest BCUT2D eigenvalue weighted by molar-refractivity contribution is 7.89. The molecule has 0 heterocycles. The second-order valence-electron chi connectivity index (χ2n) is 1.96. The lowest BCUT2D eigenvalue weighted by atomic mass is 10.4. The van der Waals surface area contributed by atoms with Gasteiger partial charge in [0, 0.05) is 0 Å². The molecule has 1 aromatic rings. The van der Waals surface area contributed by atoms with Crippen molar-refractivity contribution >= 4 is 27.4 Å². The number of isothiocyanates is 1. The molecule has 1 aromatic carbocycles. The highest BCUT2D eigenvalue weighted by Crippen LogP contribution is 2.02. The number of rotatable bonds is 1. The lowest BCUT2D eigenvalue weighted by molar-refractivity contribution is 0.598. The molecule has 70 valence electrons. The molecule has 0 spiro atoms. The number of hydrogen-bond acceptors (Lipinski definition) is 4. The van der Waals surface area contributed by atoms with Crippen LogP contribution in [0.3, 0.4) is 0 Å². The zero-order chi connectivity index (χ0) is 10.3. The molecule has 0 atom stereocenters. The highest BCUT2D eigenvalue weighted by Gasteiger charge is 2.03. The third-order valence-electron chi connectivity index (χ3n) is 1.07. The normalized spacial score (nSPS) is 9.31. The molecule has 1 rings (SSSR count). The molecular formula is C7H8N2O2S2. The fourth-order valence-electron chi connectivity index (χ4n) is 0.610. The van der Waals surface area contributed by atoms with E-state index in [-0.39, 0.29) is 4.90 Å². The smallest absolute Gasteiger partial charge is 0.238 e. The Bertz CT molecular complexity index is 380. The lowest BCUT2D eigenvalue weighted by Gasteiger charge is -1.93. The maximum atomic E-state index is 10.6. The van der Waals surface area contributed by atoms with Gasteiger partial charge in [-0.2, -0.15) is 0 Å². The van der Waals surface area contributed by atoms with Gasteiger partial charge in [0.2, 0.25) is 10.0 Å². The zero-order valence-electron chi connectivity index (χ0n) is 6.60. The first-order valence-electron chi connectivity index (χ1n) is 3.14. The molecule has 13 heavy (non-hydrogen) atoms. The third-order valence-corrected chi connectivity index (χ3v) is 2.00. The van der Waals surface area contributed by atoms with Crippen molar-refractivity contribution in [2.24, 2.45) is 5.14 Å². The lowest BCUT2D eigenvalue weighted by Crippen LogP contribution is -2.11. The van der Waals surface area contributed by atoms with Crippen molar-refractivity contribution in [2.45, 2.75) is 4.90 Å². The second-order valence-corrected chi connectivity index (χ2v) is 3.73. The molecule has 0 aliphatic heterocycles. The van der Waals surface area contributed by atoms with E-state index in [0.29, 0.717) is 0 Å². The summed E-state index contributed by atoms with van der Waals surface area (Å²) in [6.07, 6.45) is 0. The highest BCUT2D eigenvalue weighted by atomic mass is 32.2. The number of nitrogens with two attached hydrogens (primary N) is 1. The van der Waals surface area contributed by atoms with Crippen molar-refractivity contribution in [3.05, 3.63) is 30.3 Å². The van der Waals surface area contributed by atoms with Gasteiger partial charge in [0.1, 0.15) is 0 Å². The number of primary sulfonamides is 1. The van der Waals surface area contributed by atoms with Gasteiger partial charge in [-0.15, -0.1) is 0 Å². The summed E-state index contributed by atoms with van der Waals surface area (Å²) in [6, 6.07) is 7.89. The number of hydrogen-bond donors (Lipinski definition) is 2. The number of benzene rings is 1. The average molecular weight is 216 g/mol. The van der Waals surface area contributed by atoms with Crippen molar-refractivity contribution in [2.75, 3.05) is 0 Å². The van der Waals surface area contributed by atoms with Crippen LogP contribution >= 0.6 is 12.2 Å². The summed E-state index contributed by atoms with van der Waals surface area (Å²) in [6.45, 7) is 0. The fourth-order valence-corrected chi connectivity index (χ4v) is 1.15. The molecule has 4 nitrogen and oxygen atoms in total. The second kappa shape index (κ2) is 5.55. The average Bonchev–Trinajstić information content (AvgIpc) is 2.06. The van der Waals surface area contributed by atoms with Gasteiger partial charge in [0.15, 0.2) is 0 Å². The van der Waals surface area contributed by atoms with Gasteiger partial charge in [-0.05, 0) is 24.4 Å². The van der Waals surface area contributed by atoms with Crippen molar-refractivity contribution < 1.29 is 8.42 Å². The van der Waals surface area contributed by atoms with E-state index in [0.717, 1.165) is 0 Å². The van der Waals surface area contributed by atoms with E-state index in [1.165, 1.54) is 12.1 Å². The summed E-state index contributed by atoms with van der Waals surface area (Å²) >= 11 is 3.81. The maximum absolute atomic E-state index is 10.6. The fraction of sp³-hybridized carbons (Fsp3) is 0. The quantitative estimate of drug-likeness (QED) is 0.542. The first kappa shape index (κ1) is 11.9. The van der Waals surface area contributed by atoms with Crippen LogP contribution in [0, 0.1) is 5.41 Å². The molecular weight excluding hydrogens is 208 g/mol. The van der Waals surface area contributed by atoms with E-state index >= 15 is 0 Å². The first-order chi connectivity index (χ1) is 6.02. The molecule has 0 amide bonds. The van der Waals surface area contributed by atoms with Crippen LogP contribution in [0.5, 0.6) is 0 Å². The van der Waals surface area contributed by atoms with E-state index in [4.69, 9.17) is 10.5 Å². The van der Waals surface area contributed by atoms with E-state index in [1.54, 1.807) is 23.4 Å². The van der Waals surface area contributed by atoms with Crippen LogP contribution < -0.4 is 5.14 Å². The minimum atomic E-state index is -3.50. The van der Waals surface area contributed by atoms with Crippen molar-refractivity contribution in [1.29, 1.82) is 5.41 Å². The maximum Gasteiger partial charge on any atom is 0.238 e. The van der Waals surface area contributed by atoms with E-state index in [2.05, 4.69) is 12.2 Å². The molecule has 0 saturated heterocycles. The summed E-state index contributed by atoms with van der Waals surface area (Å²) in [5, 5.41) is 12.2. The summed E-state index contributed by atoms with van der Waals surface area (Å²) in [4.78, 5) is 0.148. The summed E-state index contributed by atoms with van der Waals surface area (Å²) in [5.74, 6) is 0. The topological polar surface area (TPSA) is 84.0 Å². The van der Waals surface area contributed by atoms with Crippen LogP contribution in [-0.4, -0.2) is 13.6 Å². The largest absolute Gasteiger partial charge is 0.248 e. The first-order valence-corrected chi connectivity index (χ1v) is 5.09. The molecule has 3 N–H and O–H groups in total. The van der Waals surface area contributed by atoms with Crippen LogP contribution in [0.2, 0.25) is 0 Å². The van der Waals surface area contributed by atoms with Crippen molar-refractivity contribution in [3.8, 4) is 0 Å². The standard InChI is InChI=1S/C6H7NO2S.CHNS/c7-10(8,9)6-4-2-1-3-5-6;2-1-3/h1-5H,(H2,7,8,9);2H. The third kappa shape index (κ3) is 5.21. The van der Waals surface area contributed by atoms with E-state index < -0.39 is 10.0 Å². The number of thiocarbonyl (C=S) groups is 1. The van der Waals surface area contributed by atoms with Crippen LogP contribution in [-0.2, 0) is 10.0 Å². The van der Waals surface area contributed by atoms with Gasteiger partial charge in [-0.25, -0.2) is 19.0 Å². The van der Waals surface area contributed by atoms with Crippen LogP contribution in [0.15, 0.2) is 35.2 Å². The van der Waals surface area contributed by atoms with E-state index in [9.17, 15) is 8.42 Å². The molecule has 0 aliphatic rings. The molecule has 0 bridgehead atoms. The Morgan fingerprint density at radius 3 is 1.92 bits per heavy atom. The van der Waals surface area contributed by atoms with Crippen molar-refractivity contribution in [3.63, 3.8) is 0 Å². The molecule has 0 aliphatic carbocycles. The Morgan fingerprint density at radius 1 is 1.31 bits per heavy atom. The Labute approximate surface area is 81.9 Å². The van der Waals surface area contributed by atoms with E-state index in [1.807, 2.05) is 0 Å². The van der Waals surface area contributed by atoms with Crippen LogP contribution in [0.1, 0.15) is 0 Å². The Morgan fingerprint density at radius 2 is 1.69 bits per heavy atom. The minimum Gasteiger partial charge on any atom is -0.248 e. The minimum absolute atomic E-state index is 0.148. The van der Waals surface area contributed by atoms with Gasteiger partial charge in [0.05, 0.1) is 10.1 Å². The predicted molar refractivity (Wildman–Crippen MR) is 53.1 cm³/mol. The molecule has 0 fully saturated rings. The number of nitrogens with one attached hydrogen (secondary N) is 1. The van der Waals surface area contributed by atoms with Gasteiger partial charge in [-0.3, -0.25) is 0 Å². The molecule has 0 unspecified atom stereocenters. The Kier molecular flexibility index (Phi) is 5.10. The van der Waals surface area contributed by atoms with Gasteiger partial charge < -0.3 is 0 Å². The SMILES string of the molecule is N=C=S.NS(=O)(=O)c1ccccc1. The Hall–Kier alpha value is -1.07. The predicted octanol–water partition coefficient (Wildman–Crippen LogP) is 1.00. The van der Waals surface area contributed by atoms with Gasteiger partial charge >= 0.3 is 0 Å². The number of sulfonamides is 1. The van der Waals surface area contributed by atoms with Gasteiger partial charge in [0.25, 0.3) is 0 Å². The summed E-state index contributed by atoms with van der Waals surface area (Å²) in [5.41, 5.74) is 0. The van der Waals surface area contributed by atoms with Crippen LogP contribution in [0.4, 0.5) is 0 Å². The molecule has 0 saturated carbocycles. The summed E-state index contributed by atoms with van der Waals surface area (Å²) < 4.78 is 21.2. The summed E-state index contributed by atoms with van der Waals surface area (Å²) in [7, 11) is -3.50. The monoisotopic (exact) mass is 216 g/mol. The molecule has 6 heteroatoms. The van der Waals surface area contributed by atoms with Crippen molar-refractivity contribution in [1.82, 2.24) is 0 Å². The zero-order valence-corrected chi connectivity index (χ0v) is 8.23. The Balaban J connectivity index is 0.000000424. The van der Waals surface area contributed by atoms with Crippen LogP contribution in [0.25, 0.3) is 0 Å². The van der Waals surface area contributed by atoms with Gasteiger partial charge in [-0.1, -0.05) is 18.2 Å².